The number of fused-ring (bicyclic) bond motifs is 2. The fourth-order valence-electron chi connectivity index (χ4n) is 4.22. The van der Waals surface area contributed by atoms with Crippen molar-refractivity contribution in [2.75, 3.05) is 0 Å². The zero-order chi connectivity index (χ0) is 15.0. The number of halogens is 3. The molecule has 3 rings (SSSR count). The zero-order valence-electron chi connectivity index (χ0n) is 12.1. The number of piperidine rings is 1. The van der Waals surface area contributed by atoms with Crippen LogP contribution in [0.15, 0.2) is 0 Å². The molecule has 0 aromatic carbocycles. The van der Waals surface area contributed by atoms with E-state index >= 15 is 0 Å². The van der Waals surface area contributed by atoms with Gasteiger partial charge in [-0.15, -0.1) is 0 Å². The smallest absolute Gasteiger partial charge is 0.353 e. The Morgan fingerprint density at radius 2 is 1.67 bits per heavy atom. The molecule has 1 aliphatic carbocycles. The molecule has 1 amide bonds. The molecule has 0 radical (unpaired) electrons. The molecule has 2 aliphatic heterocycles. The van der Waals surface area contributed by atoms with Gasteiger partial charge < -0.3 is 10.6 Å². The van der Waals surface area contributed by atoms with Gasteiger partial charge in [-0.2, -0.15) is 13.2 Å². The molecule has 4 atom stereocenters. The summed E-state index contributed by atoms with van der Waals surface area (Å²) in [7, 11) is 0. The summed E-state index contributed by atoms with van der Waals surface area (Å²) in [4.78, 5) is 12.3. The normalized spacial score (nSPS) is 40.0. The van der Waals surface area contributed by atoms with E-state index < -0.39 is 18.0 Å². The van der Waals surface area contributed by atoms with Crippen molar-refractivity contribution in [2.45, 2.75) is 75.7 Å². The number of hydrogen-bond acceptors (Lipinski definition) is 2. The highest BCUT2D eigenvalue weighted by Crippen LogP contribution is 2.40. The third-order valence-corrected chi connectivity index (χ3v) is 5.33. The Balaban J connectivity index is 1.53. The molecular formula is C15H23F3N2O. The van der Waals surface area contributed by atoms with Crippen LogP contribution in [0.4, 0.5) is 13.2 Å². The average Bonchev–Trinajstić information content (AvgIpc) is 2.77. The van der Waals surface area contributed by atoms with Crippen LogP contribution in [0.1, 0.15) is 51.4 Å². The minimum Gasteiger partial charge on any atom is -0.353 e. The molecule has 0 aromatic rings. The summed E-state index contributed by atoms with van der Waals surface area (Å²) in [5.41, 5.74) is 0. The Hall–Kier alpha value is -0.780. The maximum absolute atomic E-state index is 12.8. The lowest BCUT2D eigenvalue weighted by Gasteiger charge is -2.33. The summed E-state index contributed by atoms with van der Waals surface area (Å²) in [5, 5.41) is 6.52. The van der Waals surface area contributed by atoms with Crippen molar-refractivity contribution in [3.05, 3.63) is 0 Å². The summed E-state index contributed by atoms with van der Waals surface area (Å²) in [5.74, 6) is -1.92. The molecular weight excluding hydrogens is 281 g/mol. The van der Waals surface area contributed by atoms with Crippen molar-refractivity contribution in [1.82, 2.24) is 10.6 Å². The Morgan fingerprint density at radius 3 is 2.29 bits per heavy atom. The van der Waals surface area contributed by atoms with Crippen LogP contribution >= 0.6 is 0 Å². The van der Waals surface area contributed by atoms with Crippen molar-refractivity contribution < 1.29 is 18.0 Å². The van der Waals surface area contributed by atoms with E-state index in [4.69, 9.17) is 0 Å². The maximum Gasteiger partial charge on any atom is 0.391 e. The zero-order valence-corrected chi connectivity index (χ0v) is 12.1. The molecule has 4 unspecified atom stereocenters. The van der Waals surface area contributed by atoms with Crippen molar-refractivity contribution in [3.8, 4) is 0 Å². The highest BCUT2D eigenvalue weighted by Gasteiger charge is 2.44. The van der Waals surface area contributed by atoms with Crippen LogP contribution in [-0.4, -0.2) is 30.2 Å². The van der Waals surface area contributed by atoms with Gasteiger partial charge in [0.2, 0.25) is 5.91 Å². The number of carbonyl (C=O) groups excluding carboxylic acids is 1. The number of amides is 1. The lowest BCUT2D eigenvalue weighted by atomic mass is 9.80. The highest BCUT2D eigenvalue weighted by atomic mass is 19.4. The second-order valence-corrected chi connectivity index (χ2v) is 6.92. The van der Waals surface area contributed by atoms with Crippen molar-refractivity contribution in [3.63, 3.8) is 0 Å². The standard InChI is InChI=1S/C15H23F3N2O/c16-15(17,18)10-3-1-2-9(6-10)14(21)20-13-7-11-4-5-12(8-13)19-11/h9-13,19H,1-8H2,(H,20,21). The second kappa shape index (κ2) is 5.78. The van der Waals surface area contributed by atoms with E-state index in [-0.39, 0.29) is 24.8 Å². The highest BCUT2D eigenvalue weighted by molar-refractivity contribution is 5.79. The van der Waals surface area contributed by atoms with Gasteiger partial charge in [-0.3, -0.25) is 4.79 Å². The average molecular weight is 304 g/mol. The molecule has 0 aromatic heterocycles. The summed E-state index contributed by atoms with van der Waals surface area (Å²) in [6, 6.07) is 1.09. The minimum absolute atomic E-state index is 0.0346. The largest absolute Gasteiger partial charge is 0.391 e. The Bertz CT molecular complexity index is 387. The van der Waals surface area contributed by atoms with Gasteiger partial charge in [0, 0.05) is 24.0 Å². The van der Waals surface area contributed by atoms with Gasteiger partial charge in [0.25, 0.3) is 0 Å². The van der Waals surface area contributed by atoms with Crippen molar-refractivity contribution in [2.24, 2.45) is 11.8 Å². The lowest BCUT2D eigenvalue weighted by molar-refractivity contribution is -0.186. The van der Waals surface area contributed by atoms with Crippen LogP contribution in [0.25, 0.3) is 0 Å². The first kappa shape index (κ1) is 15.1. The second-order valence-electron chi connectivity index (χ2n) is 6.92. The molecule has 3 aliphatic rings. The van der Waals surface area contributed by atoms with Crippen LogP contribution < -0.4 is 10.6 Å². The number of nitrogens with one attached hydrogen (secondary N) is 2. The minimum atomic E-state index is -4.16. The lowest BCUT2D eigenvalue weighted by Crippen LogP contribution is -2.50. The third kappa shape index (κ3) is 3.52. The third-order valence-electron chi connectivity index (χ3n) is 5.33. The van der Waals surface area contributed by atoms with Crippen LogP contribution in [0.2, 0.25) is 0 Å². The quantitative estimate of drug-likeness (QED) is 0.823. The predicted molar refractivity (Wildman–Crippen MR) is 72.6 cm³/mol. The fourth-order valence-corrected chi connectivity index (χ4v) is 4.22. The van der Waals surface area contributed by atoms with Gasteiger partial charge in [-0.05, 0) is 44.9 Å². The summed E-state index contributed by atoms with van der Waals surface area (Å²) in [6.45, 7) is 0. The van der Waals surface area contributed by atoms with E-state index in [9.17, 15) is 18.0 Å². The molecule has 3 nitrogen and oxygen atoms in total. The van der Waals surface area contributed by atoms with Gasteiger partial charge in [0.15, 0.2) is 0 Å². The van der Waals surface area contributed by atoms with Gasteiger partial charge in [-0.25, -0.2) is 0 Å². The molecule has 3 fully saturated rings. The molecule has 1 saturated carbocycles. The Morgan fingerprint density at radius 1 is 1.00 bits per heavy atom. The molecule has 0 spiro atoms. The number of alkyl halides is 3. The molecule has 2 bridgehead atoms. The predicted octanol–water partition coefficient (Wildman–Crippen LogP) is 2.75. The maximum atomic E-state index is 12.8. The summed E-state index contributed by atoms with van der Waals surface area (Å²) < 4.78 is 38.4. The van der Waals surface area contributed by atoms with Crippen LogP contribution in [-0.2, 0) is 4.79 Å². The monoisotopic (exact) mass is 304 g/mol. The first-order chi connectivity index (χ1) is 9.91. The summed E-state index contributed by atoms with van der Waals surface area (Å²) in [6.07, 6.45) is 1.20. The van der Waals surface area contributed by atoms with Crippen LogP contribution in [0.5, 0.6) is 0 Å². The first-order valence-electron chi connectivity index (χ1n) is 8.05. The molecule has 6 heteroatoms. The Kier molecular flexibility index (Phi) is 4.17. The van der Waals surface area contributed by atoms with Gasteiger partial charge in [-0.1, -0.05) is 6.42 Å². The van der Waals surface area contributed by atoms with E-state index in [1.165, 1.54) is 0 Å². The Labute approximate surface area is 123 Å². The van der Waals surface area contributed by atoms with E-state index in [1.807, 2.05) is 0 Å². The first-order valence-corrected chi connectivity index (χ1v) is 8.05. The molecule has 2 heterocycles. The molecule has 21 heavy (non-hydrogen) atoms. The fraction of sp³-hybridized carbons (Fsp3) is 0.933. The van der Waals surface area contributed by atoms with E-state index in [2.05, 4.69) is 10.6 Å². The van der Waals surface area contributed by atoms with E-state index in [0.717, 1.165) is 25.7 Å². The van der Waals surface area contributed by atoms with Gasteiger partial charge in [0.1, 0.15) is 0 Å². The number of carbonyl (C=O) groups is 1. The van der Waals surface area contributed by atoms with Crippen molar-refractivity contribution in [1.29, 1.82) is 0 Å². The summed E-state index contributed by atoms with van der Waals surface area (Å²) >= 11 is 0. The van der Waals surface area contributed by atoms with Gasteiger partial charge >= 0.3 is 6.18 Å². The molecule has 2 saturated heterocycles. The van der Waals surface area contributed by atoms with E-state index in [0.29, 0.717) is 24.9 Å². The number of hydrogen-bond donors (Lipinski definition) is 2. The number of rotatable bonds is 2. The molecule has 2 N–H and O–H groups in total. The topological polar surface area (TPSA) is 41.1 Å². The van der Waals surface area contributed by atoms with Crippen LogP contribution in [0, 0.1) is 11.8 Å². The SMILES string of the molecule is O=C(NC1CC2CCC(C1)N2)C1CCCC(C(F)(F)F)C1. The van der Waals surface area contributed by atoms with E-state index in [1.54, 1.807) is 0 Å². The van der Waals surface area contributed by atoms with Crippen molar-refractivity contribution >= 4 is 5.91 Å². The van der Waals surface area contributed by atoms with Crippen LogP contribution in [0.3, 0.4) is 0 Å². The molecule has 120 valence electrons. The van der Waals surface area contributed by atoms with Gasteiger partial charge in [0.05, 0.1) is 5.92 Å².